The molecule has 4 N–H and O–H groups in total. The van der Waals surface area contributed by atoms with Crippen LogP contribution in [0.2, 0.25) is 0 Å². The molecular formula is C17H26N4O3. The molecule has 1 aromatic rings. The number of hydrogen-bond donors (Lipinski definition) is 4. The Kier molecular flexibility index (Phi) is 6.54. The van der Waals surface area contributed by atoms with Crippen LogP contribution in [-0.4, -0.2) is 48.1 Å². The molecule has 1 aliphatic heterocycles. The number of pyridine rings is 1. The van der Waals surface area contributed by atoms with Crippen LogP contribution in [-0.2, 0) is 22.4 Å². The lowest BCUT2D eigenvalue weighted by atomic mass is 9.99. The molecule has 7 heteroatoms. The Morgan fingerprint density at radius 3 is 2.67 bits per heavy atom. The number of carbonyl (C=O) groups is 1. The molecule has 1 fully saturated rings. The first-order valence-electron chi connectivity index (χ1n) is 8.46. The molecule has 1 aliphatic rings. The fraction of sp³-hybridized carbons (Fsp3) is 0.588. The van der Waals surface area contributed by atoms with Crippen LogP contribution in [0.3, 0.4) is 0 Å². The number of carboxylic acids is 1. The number of aryl methyl sites for hydroxylation is 1. The second-order valence-electron chi connectivity index (χ2n) is 5.80. The van der Waals surface area contributed by atoms with Gasteiger partial charge in [-0.1, -0.05) is 6.92 Å². The molecule has 0 aliphatic carbocycles. The summed E-state index contributed by atoms with van der Waals surface area (Å²) < 4.78 is 5.39. The highest BCUT2D eigenvalue weighted by Crippen LogP contribution is 2.31. The highest BCUT2D eigenvalue weighted by atomic mass is 16.5. The monoisotopic (exact) mass is 334 g/mol. The predicted octanol–water partition coefficient (Wildman–Crippen LogP) is 2.29. The molecule has 1 saturated heterocycles. The number of aliphatic carboxylic acids is 1. The topological polar surface area (TPSA) is 107 Å². The number of ether oxygens (including phenoxy) is 1. The zero-order valence-corrected chi connectivity index (χ0v) is 14.3. The first-order chi connectivity index (χ1) is 11.6. The van der Waals surface area contributed by atoms with E-state index in [0.29, 0.717) is 43.1 Å². The number of hydrogen-bond acceptors (Lipinski definition) is 6. The van der Waals surface area contributed by atoms with Crippen molar-refractivity contribution in [2.45, 2.75) is 45.6 Å². The Morgan fingerprint density at radius 2 is 2.12 bits per heavy atom. The minimum absolute atomic E-state index is 0.102. The Hall–Kier alpha value is -2.15. The number of carboxylic acid groups (broad SMARTS) is 1. The molecule has 0 unspecified atom stereocenters. The van der Waals surface area contributed by atoms with E-state index in [-0.39, 0.29) is 12.5 Å². The molecule has 0 bridgehead atoms. The van der Waals surface area contributed by atoms with Crippen LogP contribution < -0.4 is 10.6 Å². The highest BCUT2D eigenvalue weighted by molar-refractivity contribution is 5.94. The van der Waals surface area contributed by atoms with E-state index in [9.17, 15) is 9.90 Å². The van der Waals surface area contributed by atoms with E-state index in [0.717, 1.165) is 24.2 Å². The molecule has 0 spiro atoms. The molecule has 132 valence electrons. The van der Waals surface area contributed by atoms with Crippen molar-refractivity contribution in [3.8, 4) is 0 Å². The van der Waals surface area contributed by atoms with Crippen molar-refractivity contribution < 1.29 is 14.6 Å². The fourth-order valence-electron chi connectivity index (χ4n) is 2.98. The molecule has 1 aromatic heterocycles. The van der Waals surface area contributed by atoms with E-state index < -0.39 is 5.97 Å². The molecule has 7 nitrogen and oxygen atoms in total. The van der Waals surface area contributed by atoms with Crippen molar-refractivity contribution in [1.29, 1.82) is 5.41 Å². The van der Waals surface area contributed by atoms with Crippen molar-refractivity contribution in [3.05, 3.63) is 16.8 Å². The molecule has 24 heavy (non-hydrogen) atoms. The van der Waals surface area contributed by atoms with E-state index in [4.69, 9.17) is 10.1 Å². The Balaban J connectivity index is 2.52. The van der Waals surface area contributed by atoms with Gasteiger partial charge in [0, 0.05) is 43.3 Å². The minimum Gasteiger partial charge on any atom is -0.481 e. The van der Waals surface area contributed by atoms with Crippen LogP contribution in [0.1, 0.15) is 43.5 Å². The summed E-state index contributed by atoms with van der Waals surface area (Å²) in [6.07, 6.45) is 3.52. The van der Waals surface area contributed by atoms with Crippen molar-refractivity contribution in [2.24, 2.45) is 0 Å². The van der Waals surface area contributed by atoms with Gasteiger partial charge in [-0.3, -0.25) is 4.79 Å². The van der Waals surface area contributed by atoms with Gasteiger partial charge in [-0.15, -0.1) is 0 Å². The first kappa shape index (κ1) is 18.2. The van der Waals surface area contributed by atoms with Crippen LogP contribution in [0, 0.1) is 5.41 Å². The van der Waals surface area contributed by atoms with Crippen molar-refractivity contribution in [2.75, 3.05) is 30.4 Å². The van der Waals surface area contributed by atoms with Crippen molar-refractivity contribution in [1.82, 2.24) is 4.98 Å². The largest absolute Gasteiger partial charge is 0.481 e. The lowest BCUT2D eigenvalue weighted by Crippen LogP contribution is -2.29. The Morgan fingerprint density at radius 1 is 1.42 bits per heavy atom. The summed E-state index contributed by atoms with van der Waals surface area (Å²) in [5.41, 5.74) is 2.78. The van der Waals surface area contributed by atoms with E-state index >= 15 is 0 Å². The molecular weight excluding hydrogens is 308 g/mol. The second-order valence-corrected chi connectivity index (χ2v) is 5.80. The second kappa shape index (κ2) is 8.63. The van der Waals surface area contributed by atoms with E-state index in [2.05, 4.69) is 15.6 Å². The normalized spacial score (nSPS) is 15.1. The summed E-state index contributed by atoms with van der Waals surface area (Å²) >= 11 is 0. The first-order valence-corrected chi connectivity index (χ1v) is 8.46. The van der Waals surface area contributed by atoms with Crippen LogP contribution >= 0.6 is 0 Å². The third-order valence-corrected chi connectivity index (χ3v) is 4.14. The van der Waals surface area contributed by atoms with Gasteiger partial charge in [0.05, 0.1) is 17.7 Å². The van der Waals surface area contributed by atoms with E-state index in [1.165, 1.54) is 6.21 Å². The van der Waals surface area contributed by atoms with Gasteiger partial charge in [0.2, 0.25) is 0 Å². The zero-order chi connectivity index (χ0) is 17.5. The summed E-state index contributed by atoms with van der Waals surface area (Å²) in [5, 5.41) is 23.8. The standard InChI is InChI=1S/C17H26N4O3/c1-3-14-12(9-15(22)23)16(20-11-5-7-24-8-6-11)13(10-18)17(21-14)19-4-2/h10-11,18H,3-9H2,1-2H3,(H,22,23)(H2,19,20,21). The third kappa shape index (κ3) is 4.23. The number of anilines is 2. The zero-order valence-electron chi connectivity index (χ0n) is 14.3. The molecule has 0 atom stereocenters. The summed E-state index contributed by atoms with van der Waals surface area (Å²) in [7, 11) is 0. The van der Waals surface area contributed by atoms with Crippen LogP contribution in [0.15, 0.2) is 0 Å². The quantitative estimate of drug-likeness (QED) is 0.543. The number of aromatic nitrogens is 1. The number of rotatable bonds is 8. The fourth-order valence-corrected chi connectivity index (χ4v) is 2.98. The van der Waals surface area contributed by atoms with Gasteiger partial charge in [-0.2, -0.15) is 0 Å². The van der Waals surface area contributed by atoms with Crippen molar-refractivity contribution in [3.63, 3.8) is 0 Å². The molecule has 0 aromatic carbocycles. The summed E-state index contributed by atoms with van der Waals surface area (Å²) in [5.74, 6) is -0.262. The van der Waals surface area contributed by atoms with Crippen LogP contribution in [0.5, 0.6) is 0 Å². The minimum atomic E-state index is -0.895. The average molecular weight is 334 g/mol. The number of nitrogens with zero attached hydrogens (tertiary/aromatic N) is 1. The number of nitrogens with one attached hydrogen (secondary N) is 3. The van der Waals surface area contributed by atoms with Gasteiger partial charge in [0.1, 0.15) is 5.82 Å². The summed E-state index contributed by atoms with van der Waals surface area (Å²) in [4.78, 5) is 15.9. The smallest absolute Gasteiger partial charge is 0.307 e. The molecule has 0 saturated carbocycles. The van der Waals surface area contributed by atoms with E-state index in [1.807, 2.05) is 13.8 Å². The lowest BCUT2D eigenvalue weighted by molar-refractivity contribution is -0.136. The molecule has 0 radical (unpaired) electrons. The van der Waals surface area contributed by atoms with Gasteiger partial charge < -0.3 is 25.9 Å². The Labute approximate surface area is 142 Å². The van der Waals surface area contributed by atoms with E-state index in [1.54, 1.807) is 0 Å². The van der Waals surface area contributed by atoms with Crippen molar-refractivity contribution >= 4 is 23.7 Å². The molecule has 2 heterocycles. The molecule has 0 amide bonds. The SMILES string of the molecule is CCNc1nc(CC)c(CC(=O)O)c(NC2CCOCC2)c1C=N. The van der Waals surface area contributed by atoms with Crippen LogP contribution in [0.4, 0.5) is 11.5 Å². The maximum absolute atomic E-state index is 11.3. The van der Waals surface area contributed by atoms with Gasteiger partial charge in [0.25, 0.3) is 0 Å². The van der Waals surface area contributed by atoms with Crippen LogP contribution in [0.25, 0.3) is 0 Å². The predicted molar refractivity (Wildman–Crippen MR) is 94.5 cm³/mol. The summed E-state index contributed by atoms with van der Waals surface area (Å²) in [6, 6.07) is 0.214. The molecule has 2 rings (SSSR count). The third-order valence-electron chi connectivity index (χ3n) is 4.14. The summed E-state index contributed by atoms with van der Waals surface area (Å²) in [6.45, 7) is 6.00. The maximum Gasteiger partial charge on any atom is 0.307 e. The Bertz CT molecular complexity index is 598. The van der Waals surface area contributed by atoms with Gasteiger partial charge >= 0.3 is 5.97 Å². The van der Waals surface area contributed by atoms with Gasteiger partial charge in [-0.25, -0.2) is 4.98 Å². The lowest BCUT2D eigenvalue weighted by Gasteiger charge is -2.27. The highest BCUT2D eigenvalue weighted by Gasteiger charge is 2.23. The maximum atomic E-state index is 11.3. The average Bonchev–Trinajstić information content (AvgIpc) is 2.57. The van der Waals surface area contributed by atoms with Gasteiger partial charge in [0.15, 0.2) is 0 Å². The van der Waals surface area contributed by atoms with Gasteiger partial charge in [-0.05, 0) is 26.2 Å².